The summed E-state index contributed by atoms with van der Waals surface area (Å²) in [6.07, 6.45) is 31.2. The number of rotatable bonds is 21. The number of hydrogen-bond acceptors (Lipinski definition) is 0. The van der Waals surface area contributed by atoms with E-state index < -0.39 is 0 Å². The molecule has 0 spiro atoms. The van der Waals surface area contributed by atoms with Crippen LogP contribution in [0.1, 0.15) is 142 Å². The van der Waals surface area contributed by atoms with Crippen molar-refractivity contribution in [1.82, 2.24) is 4.57 Å². The molecule has 29 heavy (non-hydrogen) atoms. The van der Waals surface area contributed by atoms with Crippen molar-refractivity contribution < 1.29 is 4.57 Å². The first-order valence-electron chi connectivity index (χ1n) is 13.4. The van der Waals surface area contributed by atoms with Crippen molar-refractivity contribution in [3.63, 3.8) is 0 Å². The quantitative estimate of drug-likeness (QED) is 0.143. The molecule has 0 aliphatic rings. The van der Waals surface area contributed by atoms with E-state index in [-0.39, 0.29) is 0 Å². The van der Waals surface area contributed by atoms with E-state index >= 15 is 0 Å². The second kappa shape index (κ2) is 19.2. The summed E-state index contributed by atoms with van der Waals surface area (Å²) in [6, 6.07) is 0. The summed E-state index contributed by atoms with van der Waals surface area (Å²) in [5.74, 6) is 1.58. The smallest absolute Gasteiger partial charge is 0.234 e. The van der Waals surface area contributed by atoms with Gasteiger partial charge in [0.2, 0.25) is 0 Å². The molecule has 0 saturated carbocycles. The van der Waals surface area contributed by atoms with Gasteiger partial charge < -0.3 is 0 Å². The minimum Gasteiger partial charge on any atom is -0.234 e. The maximum Gasteiger partial charge on any atom is 0.256 e. The van der Waals surface area contributed by atoms with Gasteiger partial charge in [-0.15, -0.1) is 0 Å². The minimum absolute atomic E-state index is 1.18. The molecular weight excluding hydrogens is 352 g/mol. The van der Waals surface area contributed by atoms with E-state index in [1.807, 2.05) is 0 Å². The van der Waals surface area contributed by atoms with E-state index in [4.69, 9.17) is 0 Å². The van der Waals surface area contributed by atoms with E-state index in [1.165, 1.54) is 135 Å². The first-order valence-corrected chi connectivity index (χ1v) is 13.4. The van der Waals surface area contributed by atoms with Crippen molar-refractivity contribution in [2.75, 3.05) is 0 Å². The van der Waals surface area contributed by atoms with Crippen LogP contribution in [0.4, 0.5) is 0 Å². The Balaban J connectivity index is 2.19. The monoisotopic (exact) mass is 405 g/mol. The van der Waals surface area contributed by atoms with Crippen LogP contribution in [-0.2, 0) is 19.5 Å². The zero-order chi connectivity index (χ0) is 21.0. The summed E-state index contributed by atoms with van der Waals surface area (Å²) < 4.78 is 5.08. The fourth-order valence-electron chi connectivity index (χ4n) is 4.44. The van der Waals surface area contributed by atoms with Crippen LogP contribution in [0.15, 0.2) is 12.4 Å². The van der Waals surface area contributed by atoms with Gasteiger partial charge in [-0.2, -0.15) is 0 Å². The number of imidazole rings is 1. The van der Waals surface area contributed by atoms with Gasteiger partial charge in [-0.1, -0.05) is 111 Å². The summed E-state index contributed by atoms with van der Waals surface area (Å²) >= 11 is 0. The molecular formula is C27H53N2+. The zero-order valence-electron chi connectivity index (χ0n) is 20.4. The van der Waals surface area contributed by atoms with Gasteiger partial charge in [0.15, 0.2) is 0 Å². The first kappa shape index (κ1) is 26.2. The Morgan fingerprint density at radius 3 is 1.59 bits per heavy atom. The van der Waals surface area contributed by atoms with E-state index in [2.05, 4.69) is 42.3 Å². The third kappa shape index (κ3) is 13.2. The van der Waals surface area contributed by atoms with Crippen molar-refractivity contribution in [1.29, 1.82) is 0 Å². The molecule has 0 amide bonds. The summed E-state index contributed by atoms with van der Waals surface area (Å²) in [6.45, 7) is 9.29. The van der Waals surface area contributed by atoms with E-state index in [1.54, 1.807) is 5.82 Å². The predicted molar refractivity (Wildman–Crippen MR) is 128 cm³/mol. The molecule has 2 nitrogen and oxygen atoms in total. The standard InChI is InChI=1S/C27H53N2/c1-4-7-9-11-13-14-15-16-17-18-20-22-27-28(23-6-3)25-26-29(27)24-21-19-12-10-8-5-2/h25-26H,4-24H2,1-3H3/q+1. The lowest BCUT2D eigenvalue weighted by atomic mass is 10.1. The third-order valence-corrected chi connectivity index (χ3v) is 6.31. The fraction of sp³-hybridized carbons (Fsp3) is 0.889. The third-order valence-electron chi connectivity index (χ3n) is 6.31. The molecule has 0 N–H and O–H groups in total. The normalized spacial score (nSPS) is 11.4. The number of aromatic nitrogens is 2. The maximum atomic E-state index is 2.56. The SMILES string of the molecule is CCCCCCCCCCCCCc1n(CCC)cc[n+]1CCCCCCCC. The van der Waals surface area contributed by atoms with Crippen molar-refractivity contribution in [2.24, 2.45) is 0 Å². The molecule has 1 aromatic heterocycles. The largest absolute Gasteiger partial charge is 0.256 e. The molecule has 170 valence electrons. The topological polar surface area (TPSA) is 8.81 Å². The highest BCUT2D eigenvalue weighted by Gasteiger charge is 2.15. The highest BCUT2D eigenvalue weighted by atomic mass is 15.1. The zero-order valence-corrected chi connectivity index (χ0v) is 20.4. The van der Waals surface area contributed by atoms with Gasteiger partial charge in [0.05, 0.1) is 13.1 Å². The van der Waals surface area contributed by atoms with Crippen LogP contribution in [0.2, 0.25) is 0 Å². The van der Waals surface area contributed by atoms with Gasteiger partial charge in [-0.25, -0.2) is 9.13 Å². The lowest BCUT2D eigenvalue weighted by Crippen LogP contribution is -2.37. The van der Waals surface area contributed by atoms with Gasteiger partial charge in [-0.3, -0.25) is 0 Å². The Labute approximate surface area is 183 Å². The van der Waals surface area contributed by atoms with Crippen LogP contribution >= 0.6 is 0 Å². The summed E-state index contributed by atoms with van der Waals surface area (Å²) in [4.78, 5) is 0. The average Bonchev–Trinajstić information content (AvgIpc) is 3.10. The maximum absolute atomic E-state index is 2.56. The lowest BCUT2D eigenvalue weighted by Gasteiger charge is -2.06. The predicted octanol–water partition coefficient (Wildman–Crippen LogP) is 8.40. The molecule has 0 atom stereocenters. The van der Waals surface area contributed by atoms with E-state index in [0.29, 0.717) is 0 Å². The lowest BCUT2D eigenvalue weighted by molar-refractivity contribution is -0.704. The van der Waals surface area contributed by atoms with Gasteiger partial charge in [0.1, 0.15) is 12.4 Å². The molecule has 1 heterocycles. The molecule has 2 heteroatoms. The Morgan fingerprint density at radius 2 is 1.07 bits per heavy atom. The summed E-state index contributed by atoms with van der Waals surface area (Å²) in [5.41, 5.74) is 0. The minimum atomic E-state index is 1.18. The van der Waals surface area contributed by atoms with Crippen molar-refractivity contribution in [2.45, 2.75) is 156 Å². The molecule has 0 aromatic carbocycles. The average molecular weight is 406 g/mol. The second-order valence-electron chi connectivity index (χ2n) is 9.15. The van der Waals surface area contributed by atoms with Crippen LogP contribution in [0.25, 0.3) is 0 Å². The highest BCUT2D eigenvalue weighted by molar-refractivity contribution is 4.84. The van der Waals surface area contributed by atoms with Gasteiger partial charge in [-0.05, 0) is 25.7 Å². The van der Waals surface area contributed by atoms with Gasteiger partial charge >= 0.3 is 0 Å². The van der Waals surface area contributed by atoms with E-state index in [9.17, 15) is 0 Å². The van der Waals surface area contributed by atoms with Crippen molar-refractivity contribution >= 4 is 0 Å². The molecule has 0 saturated heterocycles. The van der Waals surface area contributed by atoms with Crippen LogP contribution in [0, 0.1) is 0 Å². The number of unbranched alkanes of at least 4 members (excludes halogenated alkanes) is 15. The molecule has 1 aromatic rings. The van der Waals surface area contributed by atoms with Crippen molar-refractivity contribution in [3.8, 4) is 0 Å². The molecule has 0 aliphatic carbocycles. The number of aryl methyl sites for hydroxylation is 2. The van der Waals surface area contributed by atoms with Crippen LogP contribution < -0.4 is 4.57 Å². The fourth-order valence-corrected chi connectivity index (χ4v) is 4.44. The number of hydrogen-bond donors (Lipinski definition) is 0. The summed E-state index contributed by atoms with van der Waals surface area (Å²) in [5, 5.41) is 0. The Hall–Kier alpha value is -0.790. The Kier molecular flexibility index (Phi) is 17.4. The molecule has 0 fully saturated rings. The highest BCUT2D eigenvalue weighted by Crippen LogP contribution is 2.13. The van der Waals surface area contributed by atoms with Crippen LogP contribution in [0.5, 0.6) is 0 Å². The molecule has 0 bridgehead atoms. The van der Waals surface area contributed by atoms with Crippen LogP contribution in [0.3, 0.4) is 0 Å². The second-order valence-corrected chi connectivity index (χ2v) is 9.15. The van der Waals surface area contributed by atoms with Crippen LogP contribution in [-0.4, -0.2) is 4.57 Å². The number of nitrogens with zero attached hydrogens (tertiary/aromatic N) is 2. The Morgan fingerprint density at radius 1 is 0.586 bits per heavy atom. The molecule has 0 radical (unpaired) electrons. The first-order chi connectivity index (χ1) is 14.3. The van der Waals surface area contributed by atoms with Gasteiger partial charge in [0.25, 0.3) is 5.82 Å². The van der Waals surface area contributed by atoms with Gasteiger partial charge in [0, 0.05) is 6.42 Å². The van der Waals surface area contributed by atoms with Crippen molar-refractivity contribution in [3.05, 3.63) is 18.2 Å². The van der Waals surface area contributed by atoms with E-state index in [0.717, 1.165) is 0 Å². The summed E-state index contributed by atoms with van der Waals surface area (Å²) in [7, 11) is 0. The molecule has 1 rings (SSSR count). The Bertz CT molecular complexity index is 463. The molecule has 0 unspecified atom stereocenters. The molecule has 0 aliphatic heterocycles.